The number of hydrogen-bond acceptors (Lipinski definition) is 19. The number of imidazole rings is 1. The monoisotopic (exact) mass is 760 g/mol. The molecule has 49 heavy (non-hydrogen) atoms. The van der Waals surface area contributed by atoms with Crippen molar-refractivity contribution >= 4 is 46.4 Å². The van der Waals surface area contributed by atoms with Gasteiger partial charge in [-0.15, -0.1) is 0 Å². The number of phosphoric acid groups is 3. The van der Waals surface area contributed by atoms with Crippen LogP contribution in [0.4, 0.5) is 5.82 Å². The number of carbonyl (C=O) groups is 1. The van der Waals surface area contributed by atoms with Crippen molar-refractivity contribution in [3.63, 3.8) is 0 Å². The highest BCUT2D eigenvalue weighted by atomic mass is 31.3. The molecule has 0 bridgehead atoms. The van der Waals surface area contributed by atoms with E-state index in [0.717, 1.165) is 17.2 Å². The molecule has 2 fully saturated rings. The van der Waals surface area contributed by atoms with Crippen LogP contribution in [0.2, 0.25) is 0 Å². The van der Waals surface area contributed by atoms with Gasteiger partial charge in [-0.3, -0.25) is 28.7 Å². The van der Waals surface area contributed by atoms with E-state index in [2.05, 4.69) is 32.8 Å². The Morgan fingerprint density at radius 3 is 2.41 bits per heavy atom. The standard InChI is InChI=1S/C21H31N8O17P3/c22-16-11-18(26-7-25-16)29(8-27-11)20-14(45-47(34,35)36)15(32)21(24,44-20)6-42-49(39,40)46-48(37,38)41-5-10-12(30)13(31)19(43-10)28-3-1-2-9(4-28)17(23)33/h1,3-4,7-8,10,12-15,19-20,30-32H,2,5-6,24H2,(H2,23,33)(H,37,38)(H,39,40)(H2,22,25,26)(H2,34,35,36)/t10-,12-,13-,14-,15-,19-,20-,21-/m1/s1. The average Bonchev–Trinajstić information content (AvgIpc) is 3.64. The first-order valence-electron chi connectivity index (χ1n) is 13.6. The molecule has 0 saturated carbocycles. The molecule has 272 valence electrons. The van der Waals surface area contributed by atoms with Crippen molar-refractivity contribution in [1.29, 1.82) is 0 Å². The zero-order valence-electron chi connectivity index (χ0n) is 24.6. The first-order chi connectivity index (χ1) is 22.7. The Kier molecular flexibility index (Phi) is 10.5. The van der Waals surface area contributed by atoms with E-state index in [9.17, 15) is 53.4 Å². The van der Waals surface area contributed by atoms with Crippen LogP contribution < -0.4 is 17.2 Å². The highest BCUT2D eigenvalue weighted by molar-refractivity contribution is 7.61. The van der Waals surface area contributed by atoms with Gasteiger partial charge in [0.15, 0.2) is 29.6 Å². The molecule has 0 radical (unpaired) electrons. The van der Waals surface area contributed by atoms with Crippen LogP contribution in [0.3, 0.4) is 0 Å². The Morgan fingerprint density at radius 2 is 1.73 bits per heavy atom. The van der Waals surface area contributed by atoms with Crippen LogP contribution in [0.1, 0.15) is 12.6 Å². The van der Waals surface area contributed by atoms with Crippen molar-refractivity contribution in [2.24, 2.45) is 11.5 Å². The highest BCUT2D eigenvalue weighted by Gasteiger charge is 2.57. The van der Waals surface area contributed by atoms with E-state index in [1.54, 1.807) is 0 Å². The fraction of sp³-hybridized carbons (Fsp3) is 0.524. The largest absolute Gasteiger partial charge is 0.481 e. The number of phosphoric ester groups is 3. The third kappa shape index (κ3) is 8.25. The minimum Gasteiger partial charge on any atom is -0.387 e. The second-order valence-electron chi connectivity index (χ2n) is 10.7. The minimum absolute atomic E-state index is 0.0196. The molecule has 5 rings (SSSR count). The Hall–Kier alpha value is -2.77. The summed E-state index contributed by atoms with van der Waals surface area (Å²) < 4.78 is 67.2. The first kappa shape index (κ1) is 37.5. The Bertz CT molecular complexity index is 1790. The van der Waals surface area contributed by atoms with Crippen LogP contribution in [-0.4, -0.2) is 121 Å². The lowest BCUT2D eigenvalue weighted by atomic mass is 10.1. The van der Waals surface area contributed by atoms with Crippen LogP contribution in [-0.2, 0) is 45.8 Å². The van der Waals surface area contributed by atoms with Crippen LogP contribution >= 0.6 is 23.5 Å². The van der Waals surface area contributed by atoms with Gasteiger partial charge in [0, 0.05) is 18.0 Å². The average molecular weight is 760 g/mol. The van der Waals surface area contributed by atoms with Gasteiger partial charge >= 0.3 is 23.5 Å². The van der Waals surface area contributed by atoms with E-state index >= 15 is 0 Å². The number of anilines is 1. The maximum Gasteiger partial charge on any atom is 0.481 e. The lowest BCUT2D eigenvalue weighted by Gasteiger charge is -2.28. The number of nitrogens with zero attached hydrogens (tertiary/aromatic N) is 5. The van der Waals surface area contributed by atoms with E-state index in [1.807, 2.05) is 0 Å². The molecule has 2 aromatic heterocycles. The van der Waals surface area contributed by atoms with Gasteiger partial charge in [0.2, 0.25) is 5.91 Å². The zero-order chi connectivity index (χ0) is 36.1. The molecule has 0 aromatic carbocycles. The number of amides is 1. The van der Waals surface area contributed by atoms with Crippen LogP contribution in [0.5, 0.6) is 0 Å². The maximum atomic E-state index is 12.6. The summed E-state index contributed by atoms with van der Waals surface area (Å²) in [6.07, 6.45) is -5.59. The van der Waals surface area contributed by atoms with E-state index in [0.29, 0.717) is 0 Å². The van der Waals surface area contributed by atoms with Crippen molar-refractivity contribution < 1.29 is 80.7 Å². The number of nitrogens with two attached hydrogens (primary N) is 3. The number of rotatable bonds is 13. The molecular weight excluding hydrogens is 729 g/mol. The van der Waals surface area contributed by atoms with Gasteiger partial charge in [0.25, 0.3) is 0 Å². The Balaban J connectivity index is 1.23. The molecule has 2 saturated heterocycles. The molecule has 25 nitrogen and oxygen atoms in total. The number of nitrogen functional groups attached to an aromatic ring is 1. The van der Waals surface area contributed by atoms with E-state index in [-0.39, 0.29) is 29.0 Å². The van der Waals surface area contributed by atoms with Crippen molar-refractivity contribution in [3.8, 4) is 0 Å². The number of hydrogen-bond donors (Lipinski definition) is 10. The summed E-state index contributed by atoms with van der Waals surface area (Å²) >= 11 is 0. The van der Waals surface area contributed by atoms with E-state index < -0.39 is 91.3 Å². The molecule has 3 aliphatic rings. The summed E-state index contributed by atoms with van der Waals surface area (Å²) in [5.74, 6) is -0.835. The Labute approximate surface area is 273 Å². The first-order valence-corrected chi connectivity index (χ1v) is 18.2. The van der Waals surface area contributed by atoms with Crippen molar-refractivity contribution in [2.45, 2.75) is 55.1 Å². The summed E-state index contributed by atoms with van der Waals surface area (Å²) in [7, 11) is -16.5. The molecule has 1 amide bonds. The quantitative estimate of drug-likeness (QED) is 0.0894. The van der Waals surface area contributed by atoms with E-state index in [4.69, 9.17) is 26.7 Å². The third-order valence-electron chi connectivity index (χ3n) is 7.28. The SMILES string of the molecule is NC(=O)C1=CN([C@@H]2O[C@H](COP(=O)(O)OP(=O)(O)OC[C@@]3(N)O[C@@H](n4cnc5c(N)ncnc54)[C@H](OP(=O)(O)O)[C@H]3O)[C@@H](O)[C@H]2O)C=CC1. The van der Waals surface area contributed by atoms with Gasteiger partial charge in [-0.05, 0) is 6.42 Å². The Morgan fingerprint density at radius 1 is 1.04 bits per heavy atom. The van der Waals surface area contributed by atoms with Gasteiger partial charge in [0.05, 0.1) is 12.9 Å². The molecule has 5 heterocycles. The number of allylic oxidation sites excluding steroid dienone is 1. The fourth-order valence-corrected chi connectivity index (χ4v) is 7.65. The lowest BCUT2D eigenvalue weighted by Crippen LogP contribution is -2.54. The fourth-order valence-electron chi connectivity index (χ4n) is 4.99. The highest BCUT2D eigenvalue weighted by Crippen LogP contribution is 2.61. The number of primary amides is 1. The van der Waals surface area contributed by atoms with Crippen molar-refractivity contribution in [3.05, 3.63) is 36.7 Å². The number of aliphatic hydroxyl groups excluding tert-OH is 3. The molecule has 3 aliphatic heterocycles. The van der Waals surface area contributed by atoms with Crippen LogP contribution in [0, 0.1) is 0 Å². The van der Waals surface area contributed by atoms with E-state index in [1.165, 1.54) is 23.4 Å². The smallest absolute Gasteiger partial charge is 0.387 e. The molecule has 2 aromatic rings. The summed E-state index contributed by atoms with van der Waals surface area (Å²) in [5.41, 5.74) is 14.6. The predicted octanol–water partition coefficient (Wildman–Crippen LogP) is -3.28. The molecule has 13 N–H and O–H groups in total. The summed E-state index contributed by atoms with van der Waals surface area (Å²) in [5, 5.41) is 31.7. The number of ether oxygens (including phenoxy) is 2. The normalized spacial score (nSPS) is 33.0. The molecule has 0 aliphatic carbocycles. The van der Waals surface area contributed by atoms with Gasteiger partial charge < -0.3 is 60.7 Å². The lowest BCUT2D eigenvalue weighted by molar-refractivity contribution is -0.121. The third-order valence-corrected chi connectivity index (χ3v) is 10.4. The summed E-state index contributed by atoms with van der Waals surface area (Å²) in [6.45, 7) is -2.31. The van der Waals surface area contributed by atoms with Gasteiger partial charge in [-0.2, -0.15) is 4.31 Å². The molecule has 10 atom stereocenters. The van der Waals surface area contributed by atoms with Crippen molar-refractivity contribution in [2.75, 3.05) is 18.9 Å². The van der Waals surface area contributed by atoms with Gasteiger partial charge in [0.1, 0.15) is 49.0 Å². The second kappa shape index (κ2) is 13.7. The number of fused-ring (bicyclic) bond motifs is 1. The van der Waals surface area contributed by atoms with Crippen LogP contribution in [0.15, 0.2) is 36.7 Å². The summed E-state index contributed by atoms with van der Waals surface area (Å²) in [6, 6.07) is 0. The molecular formula is C21H31N8O17P3. The van der Waals surface area contributed by atoms with Crippen molar-refractivity contribution in [1.82, 2.24) is 24.4 Å². The minimum atomic E-state index is -5.64. The number of carbonyl (C=O) groups excluding carboxylic acids is 1. The number of aliphatic hydroxyl groups is 3. The molecule has 2 unspecified atom stereocenters. The topological polar surface area (TPSA) is 390 Å². The summed E-state index contributed by atoms with van der Waals surface area (Å²) in [4.78, 5) is 63.6. The maximum absolute atomic E-state index is 12.6. The second-order valence-corrected chi connectivity index (χ2v) is 15.0. The van der Waals surface area contributed by atoms with Gasteiger partial charge in [-0.25, -0.2) is 28.6 Å². The number of aromatic nitrogens is 4. The van der Waals surface area contributed by atoms with Crippen LogP contribution in [0.25, 0.3) is 11.2 Å². The van der Waals surface area contributed by atoms with Gasteiger partial charge in [-0.1, -0.05) is 6.08 Å². The predicted molar refractivity (Wildman–Crippen MR) is 156 cm³/mol. The molecule has 0 spiro atoms. The zero-order valence-corrected chi connectivity index (χ0v) is 27.3. The molecule has 28 heteroatoms.